The largest absolute Gasteiger partial charge is 0.450 e. The van der Waals surface area contributed by atoms with Crippen LogP contribution in [0.5, 0.6) is 0 Å². The molecule has 1 fully saturated rings. The number of esters is 1. The fraction of sp³-hybridized carbons (Fsp3) is 0.591. The van der Waals surface area contributed by atoms with Crippen molar-refractivity contribution in [1.29, 1.82) is 0 Å². The Balaban J connectivity index is 2.92. The van der Waals surface area contributed by atoms with E-state index in [1.807, 2.05) is 0 Å². The number of aliphatic hydroxyl groups is 1. The third kappa shape index (κ3) is 5.09. The van der Waals surface area contributed by atoms with Crippen molar-refractivity contribution in [3.63, 3.8) is 0 Å². The molecule has 0 aromatic heterocycles. The maximum absolute atomic E-state index is 13.8. The molecule has 1 aromatic rings. The number of hydrogen-bond donors (Lipinski definition) is 1. The van der Waals surface area contributed by atoms with Crippen LogP contribution in [-0.4, -0.2) is 42.0 Å². The van der Waals surface area contributed by atoms with E-state index in [4.69, 9.17) is 34.3 Å². The lowest BCUT2D eigenvalue weighted by atomic mass is 9.73. The van der Waals surface area contributed by atoms with Crippen LogP contribution in [-0.2, 0) is 15.1 Å². The van der Waals surface area contributed by atoms with Gasteiger partial charge in [-0.2, -0.15) is 0 Å². The van der Waals surface area contributed by atoms with E-state index in [-0.39, 0.29) is 0 Å². The molecule has 0 saturated heterocycles. The van der Waals surface area contributed by atoms with E-state index in [1.165, 1.54) is 17.9 Å². The van der Waals surface area contributed by atoms with Crippen LogP contribution in [0.15, 0.2) is 30.3 Å². The average molecular weight is 383 g/mol. The molecule has 142 valence electrons. The predicted octanol–water partition coefficient (Wildman–Crippen LogP) is 3.34. The molecule has 26 heavy (non-hydrogen) atoms. The Morgan fingerprint density at radius 1 is 1.35 bits per heavy atom. The molecule has 1 aliphatic rings. The number of rotatable bonds is 7. The zero-order valence-electron chi connectivity index (χ0n) is 38.1. The molecule has 0 aliphatic heterocycles. The first kappa shape index (κ1) is 5.16. The Kier molecular flexibility index (Phi) is 2.05. The molecule has 0 radical (unpaired) electrons. The van der Waals surface area contributed by atoms with Crippen molar-refractivity contribution in [3.8, 4) is 11.8 Å². The molecular weight excluding hydrogens is 326 g/mol. The van der Waals surface area contributed by atoms with E-state index >= 15 is 0 Å². The molecule has 4 heteroatoms. The van der Waals surface area contributed by atoms with Gasteiger partial charge < -0.3 is 9.84 Å². The monoisotopic (exact) mass is 382 g/mol. The second kappa shape index (κ2) is 10.4. The fourth-order valence-corrected chi connectivity index (χ4v) is 1.81. The Bertz CT molecular complexity index is 1500. The topological polar surface area (TPSA) is 49.8 Å². The summed E-state index contributed by atoms with van der Waals surface area (Å²) in [4.78, 5) is 12.9. The van der Waals surface area contributed by atoms with E-state index in [2.05, 4.69) is 4.74 Å². The third-order valence-corrected chi connectivity index (χ3v) is 3.00. The molecule has 1 saturated carbocycles. The van der Waals surface area contributed by atoms with Gasteiger partial charge in [0.25, 0.3) is 0 Å². The van der Waals surface area contributed by atoms with Crippen LogP contribution in [0.4, 0.5) is 0 Å². The van der Waals surface area contributed by atoms with E-state index in [0.29, 0.717) is 12.1 Å². The van der Waals surface area contributed by atoms with Gasteiger partial charge in [-0.25, -0.2) is 4.79 Å². The lowest BCUT2D eigenvalue weighted by Gasteiger charge is -2.36. The summed E-state index contributed by atoms with van der Waals surface area (Å²) in [5.74, 6) is -4.67. The lowest BCUT2D eigenvalue weighted by molar-refractivity contribution is -0.174. The molecule has 4 nitrogen and oxygen atoms in total. The van der Waals surface area contributed by atoms with Gasteiger partial charge in [-0.1, -0.05) is 75.0 Å². The number of benzene rings is 1. The Labute approximate surface area is 192 Å². The molecule has 2 rings (SSSR count). The van der Waals surface area contributed by atoms with Crippen LogP contribution in [0.25, 0.3) is 0 Å². The van der Waals surface area contributed by atoms with Crippen molar-refractivity contribution in [2.45, 2.75) is 51.2 Å². The number of ether oxygens (including phenoxy) is 1. The molecule has 1 N–H and O–H groups in total. The summed E-state index contributed by atoms with van der Waals surface area (Å²) in [5.41, 5.74) is -5.38. The highest BCUT2D eigenvalue weighted by atomic mass is 16.5. The van der Waals surface area contributed by atoms with Crippen LogP contribution in [0.1, 0.15) is 85.4 Å². The molecule has 0 amide bonds. The molecule has 1 aromatic carbocycles. The number of hydrogen-bond acceptors (Lipinski definition) is 4. The van der Waals surface area contributed by atoms with Crippen LogP contribution in [0.3, 0.4) is 0 Å². The van der Waals surface area contributed by atoms with Crippen molar-refractivity contribution in [3.05, 3.63) is 35.9 Å². The second-order valence-corrected chi connectivity index (χ2v) is 4.49. The summed E-state index contributed by atoms with van der Waals surface area (Å²) in [6.45, 7) is -24.5. The van der Waals surface area contributed by atoms with Gasteiger partial charge in [0.05, 0.1) is 12.0 Å². The number of carbonyl (C=O) groups excluding carboxylic acids is 1. The van der Waals surface area contributed by atoms with Crippen molar-refractivity contribution >= 4 is 5.97 Å². The van der Waals surface area contributed by atoms with Crippen LogP contribution in [0.2, 0.25) is 0 Å². The summed E-state index contributed by atoms with van der Waals surface area (Å²) in [7, 11) is 0. The van der Waals surface area contributed by atoms with E-state index in [9.17, 15) is 9.90 Å². The van der Waals surface area contributed by atoms with Gasteiger partial charge in [-0.3, -0.25) is 4.90 Å². The zero-order chi connectivity index (χ0) is 40.9. The van der Waals surface area contributed by atoms with Gasteiger partial charge in [0.1, 0.15) is 0 Å². The molecule has 1 atom stereocenters. The normalized spacial score (nSPS) is 45.5. The average Bonchev–Trinajstić information content (AvgIpc) is 2.92. The highest BCUT2D eigenvalue weighted by Gasteiger charge is 2.46. The summed E-state index contributed by atoms with van der Waals surface area (Å²) >= 11 is 0. The maximum atomic E-state index is 13.8. The molecule has 1 aliphatic carbocycles. The molecular formula is C22H31NO3. The van der Waals surface area contributed by atoms with Crippen molar-refractivity contribution < 1.29 is 48.9 Å². The maximum Gasteiger partial charge on any atom is 0.344 e. The van der Waals surface area contributed by atoms with Crippen molar-refractivity contribution in [1.82, 2.24) is 4.90 Å². The zero-order valence-corrected chi connectivity index (χ0v) is 13.1. The fourth-order valence-electron chi connectivity index (χ4n) is 1.81. The number of carbonyl (C=O) groups is 1. The van der Waals surface area contributed by atoms with Crippen molar-refractivity contribution in [2.75, 3.05) is 26.0 Å². The smallest absolute Gasteiger partial charge is 0.344 e. The standard InChI is InChI=1S/C22H31NO3/c1-3-23(4-2)17-11-12-18-26-21(24)22(25,19-13-7-5-8-14-19)20-15-9-6-10-16-20/h5,7-8,13-14,20,25H,3-4,6,9-10,15-18H2,1-2H3/i1D3,2D3,3D2,4D2,6D2,9D2,10D2,15D2,16D2,17D2,18D2,20D. The minimum atomic E-state index is -4.54. The van der Waals surface area contributed by atoms with Gasteiger partial charge in [0.2, 0.25) is 0 Å². The molecule has 0 bridgehead atoms. The Hall–Kier alpha value is -1.83. The number of nitrogens with zero attached hydrogens (tertiary/aromatic N) is 1. The van der Waals surface area contributed by atoms with Crippen LogP contribution >= 0.6 is 0 Å². The quantitative estimate of drug-likeness (QED) is 0.580. The van der Waals surface area contributed by atoms with E-state index in [1.54, 1.807) is 0 Å². The van der Waals surface area contributed by atoms with Crippen molar-refractivity contribution in [2.24, 2.45) is 5.89 Å². The summed E-state index contributed by atoms with van der Waals surface area (Å²) < 4.78 is 205. The molecule has 0 spiro atoms. The summed E-state index contributed by atoms with van der Waals surface area (Å²) in [6.07, 6.45) is -21.4. The van der Waals surface area contributed by atoms with Gasteiger partial charge >= 0.3 is 5.97 Å². The second-order valence-electron chi connectivity index (χ2n) is 4.49. The highest BCUT2D eigenvalue weighted by molar-refractivity contribution is 5.81. The molecule has 0 heterocycles. The minimum absolute atomic E-state index is 0.712. The third-order valence-electron chi connectivity index (χ3n) is 3.00. The van der Waals surface area contributed by atoms with E-state index in [0.717, 1.165) is 12.1 Å². The first-order valence-corrected chi connectivity index (χ1v) is 6.92. The summed E-state index contributed by atoms with van der Waals surface area (Å²) in [6, 6.07) is 4.64. The van der Waals surface area contributed by atoms with Gasteiger partial charge in [-0.15, -0.1) is 0 Å². The van der Waals surface area contributed by atoms with Gasteiger partial charge in [-0.05, 0) is 31.3 Å². The van der Waals surface area contributed by atoms with Crippen LogP contribution < -0.4 is 0 Å². The predicted molar refractivity (Wildman–Crippen MR) is 103 cm³/mol. The Morgan fingerprint density at radius 3 is 2.69 bits per heavy atom. The molecule has 1 unspecified atom stereocenters. The van der Waals surface area contributed by atoms with E-state index < -0.39 is 99.5 Å². The minimum Gasteiger partial charge on any atom is -0.450 e. The first-order valence-electron chi connectivity index (χ1n) is 19.4. The highest BCUT2D eigenvalue weighted by Crippen LogP contribution is 2.40. The SMILES string of the molecule is [2H]C([2H])(C#CC([2H])([2H])N(C([2H])([2H])C([2H])([2H])[2H])C([2H])([2H])C([2H])([2H])[2H])OC(=O)C(O)(c1ccccc1)C1([2H])C([2H])([2H])C([2H])([2H])C([2H])([2H])C([2H])([2H])C1([2H])[2H]. The van der Waals surface area contributed by atoms with Crippen LogP contribution in [0, 0.1) is 17.7 Å². The lowest BCUT2D eigenvalue weighted by Crippen LogP contribution is -2.45. The Morgan fingerprint density at radius 2 is 2.04 bits per heavy atom. The summed E-state index contributed by atoms with van der Waals surface area (Å²) in [5, 5.41) is 12.0. The first-order chi connectivity index (χ1) is 22.1. The van der Waals surface area contributed by atoms with Gasteiger partial charge in [0.15, 0.2) is 12.2 Å². The van der Waals surface area contributed by atoms with Gasteiger partial charge in [0, 0.05) is 34.7 Å².